The topological polar surface area (TPSA) is 24.8 Å². The smallest absolute Gasteiger partial charge is 0.159 e. The summed E-state index contributed by atoms with van der Waals surface area (Å²) in [6.07, 6.45) is 4.10. The molecular weight excluding hydrogens is 316 g/mol. The first kappa shape index (κ1) is 16.5. The standard InChI is InChI=1S/C20H28N2OS/c1-3-16-12-17-18(21-20(24-17)22-10-7-11-22)19(14(16)2)23-13-15-8-5-4-6-9-15/h4-6,8-9,14,16-19H,3,7,10-13H2,1-2H3/t14-,16+,17+,18+,19+/m1/s1. The zero-order valence-electron chi connectivity index (χ0n) is 14.7. The van der Waals surface area contributed by atoms with Crippen molar-refractivity contribution in [2.75, 3.05) is 13.1 Å². The van der Waals surface area contributed by atoms with E-state index in [4.69, 9.17) is 9.73 Å². The highest BCUT2D eigenvalue weighted by Gasteiger charge is 2.47. The lowest BCUT2D eigenvalue weighted by atomic mass is 9.74. The van der Waals surface area contributed by atoms with Crippen LogP contribution in [0.3, 0.4) is 0 Å². The second-order valence-electron chi connectivity index (χ2n) is 7.42. The number of rotatable bonds is 4. The minimum absolute atomic E-state index is 0.250. The molecule has 0 radical (unpaired) electrons. The lowest BCUT2D eigenvalue weighted by molar-refractivity contribution is -0.0453. The van der Waals surface area contributed by atoms with Crippen LogP contribution in [0, 0.1) is 11.8 Å². The van der Waals surface area contributed by atoms with Crippen molar-refractivity contribution >= 4 is 16.9 Å². The van der Waals surface area contributed by atoms with Gasteiger partial charge >= 0.3 is 0 Å². The molecule has 0 spiro atoms. The van der Waals surface area contributed by atoms with Crippen molar-refractivity contribution in [3.05, 3.63) is 35.9 Å². The molecule has 1 saturated heterocycles. The normalized spacial score (nSPS) is 35.3. The van der Waals surface area contributed by atoms with Crippen LogP contribution >= 0.6 is 11.8 Å². The molecule has 5 atom stereocenters. The summed E-state index contributed by atoms with van der Waals surface area (Å²) in [7, 11) is 0. The van der Waals surface area contributed by atoms with Crippen molar-refractivity contribution in [2.24, 2.45) is 16.8 Å². The number of thioether (sulfide) groups is 1. The van der Waals surface area contributed by atoms with E-state index in [1.807, 2.05) is 11.8 Å². The number of hydrogen-bond donors (Lipinski definition) is 0. The van der Waals surface area contributed by atoms with Crippen LogP contribution in [0.1, 0.15) is 38.7 Å². The van der Waals surface area contributed by atoms with Crippen LogP contribution < -0.4 is 0 Å². The van der Waals surface area contributed by atoms with Gasteiger partial charge in [0.25, 0.3) is 0 Å². The van der Waals surface area contributed by atoms with Gasteiger partial charge in [-0.1, -0.05) is 62.4 Å². The molecule has 0 bridgehead atoms. The summed E-state index contributed by atoms with van der Waals surface area (Å²) in [6, 6.07) is 10.9. The number of fused-ring (bicyclic) bond motifs is 1. The van der Waals surface area contributed by atoms with Gasteiger partial charge in [0.05, 0.1) is 18.8 Å². The van der Waals surface area contributed by atoms with E-state index in [1.165, 1.54) is 43.1 Å². The second-order valence-corrected chi connectivity index (χ2v) is 8.63. The fourth-order valence-corrected chi connectivity index (χ4v) is 5.71. The number of ether oxygens (including phenoxy) is 1. The fourth-order valence-electron chi connectivity index (χ4n) is 4.23. The number of benzene rings is 1. The molecular formula is C20H28N2OS. The van der Waals surface area contributed by atoms with Gasteiger partial charge < -0.3 is 9.64 Å². The van der Waals surface area contributed by atoms with Gasteiger partial charge in [-0.3, -0.25) is 4.99 Å². The molecule has 1 aliphatic carbocycles. The molecule has 2 aliphatic heterocycles. The van der Waals surface area contributed by atoms with Gasteiger partial charge in [-0.25, -0.2) is 0 Å². The maximum atomic E-state index is 6.47. The Hall–Kier alpha value is -1.00. The second kappa shape index (κ2) is 7.09. The van der Waals surface area contributed by atoms with E-state index >= 15 is 0 Å². The summed E-state index contributed by atoms with van der Waals surface area (Å²) < 4.78 is 6.47. The van der Waals surface area contributed by atoms with Gasteiger partial charge in [0.1, 0.15) is 0 Å². The molecule has 1 saturated carbocycles. The first-order chi connectivity index (χ1) is 11.8. The third kappa shape index (κ3) is 3.11. The summed E-state index contributed by atoms with van der Waals surface area (Å²) in [6.45, 7) is 7.78. The minimum atomic E-state index is 0.250. The van der Waals surface area contributed by atoms with Crippen LogP contribution in [0.4, 0.5) is 0 Å². The average molecular weight is 345 g/mol. The average Bonchev–Trinajstić information content (AvgIpc) is 2.95. The molecule has 0 unspecified atom stereocenters. The van der Waals surface area contributed by atoms with Gasteiger partial charge in [0.2, 0.25) is 0 Å². The molecule has 130 valence electrons. The Kier molecular flexibility index (Phi) is 4.86. The number of aliphatic imine (C=N–C) groups is 1. The van der Waals surface area contributed by atoms with Crippen LogP contribution in [0.15, 0.2) is 35.3 Å². The van der Waals surface area contributed by atoms with Crippen molar-refractivity contribution in [1.29, 1.82) is 0 Å². The Morgan fingerprint density at radius 3 is 2.71 bits per heavy atom. The summed E-state index contributed by atoms with van der Waals surface area (Å²) in [5.41, 5.74) is 1.26. The number of hydrogen-bond acceptors (Lipinski definition) is 4. The van der Waals surface area contributed by atoms with E-state index in [9.17, 15) is 0 Å². The molecule has 3 nitrogen and oxygen atoms in total. The van der Waals surface area contributed by atoms with Crippen molar-refractivity contribution in [3.63, 3.8) is 0 Å². The Labute approximate surface area is 149 Å². The molecule has 0 N–H and O–H groups in total. The Balaban J connectivity index is 1.50. The van der Waals surface area contributed by atoms with Gasteiger partial charge in [0.15, 0.2) is 5.17 Å². The molecule has 24 heavy (non-hydrogen) atoms. The minimum Gasteiger partial charge on any atom is -0.371 e. The molecule has 4 heteroatoms. The monoisotopic (exact) mass is 344 g/mol. The van der Waals surface area contributed by atoms with E-state index in [-0.39, 0.29) is 6.10 Å². The highest BCUT2D eigenvalue weighted by Crippen LogP contribution is 2.45. The molecule has 3 aliphatic rings. The predicted octanol–water partition coefficient (Wildman–Crippen LogP) is 4.18. The van der Waals surface area contributed by atoms with Gasteiger partial charge in [-0.15, -0.1) is 0 Å². The van der Waals surface area contributed by atoms with Crippen LogP contribution in [-0.2, 0) is 11.3 Å². The number of nitrogens with zero attached hydrogens (tertiary/aromatic N) is 2. The third-order valence-corrected chi connectivity index (χ3v) is 7.32. The predicted molar refractivity (Wildman–Crippen MR) is 101 cm³/mol. The van der Waals surface area contributed by atoms with Crippen molar-refractivity contribution in [3.8, 4) is 0 Å². The van der Waals surface area contributed by atoms with Crippen molar-refractivity contribution in [2.45, 2.75) is 57.1 Å². The maximum Gasteiger partial charge on any atom is 0.159 e. The van der Waals surface area contributed by atoms with E-state index in [0.29, 0.717) is 23.8 Å². The van der Waals surface area contributed by atoms with Gasteiger partial charge in [0, 0.05) is 18.3 Å². The number of likely N-dealkylation sites (tertiary alicyclic amines) is 1. The Morgan fingerprint density at radius 2 is 2.04 bits per heavy atom. The largest absolute Gasteiger partial charge is 0.371 e. The lowest BCUT2D eigenvalue weighted by Crippen LogP contribution is -2.47. The third-order valence-electron chi connectivity index (χ3n) is 5.97. The van der Waals surface area contributed by atoms with Gasteiger partial charge in [-0.2, -0.15) is 0 Å². The van der Waals surface area contributed by atoms with Gasteiger partial charge in [-0.05, 0) is 30.2 Å². The van der Waals surface area contributed by atoms with Crippen LogP contribution in [0.5, 0.6) is 0 Å². The fraction of sp³-hybridized carbons (Fsp3) is 0.650. The SMILES string of the molecule is CC[C@H]1C[C@@H]2SC(N3CCC3)=N[C@@H]2[C@@H](OCc2ccccc2)[C@@H]1C. The van der Waals surface area contributed by atoms with Crippen molar-refractivity contribution in [1.82, 2.24) is 4.90 Å². The first-order valence-corrected chi connectivity index (χ1v) is 10.3. The van der Waals surface area contributed by atoms with Crippen LogP contribution in [-0.4, -0.2) is 40.6 Å². The summed E-state index contributed by atoms with van der Waals surface area (Å²) in [5, 5.41) is 1.90. The summed E-state index contributed by atoms with van der Waals surface area (Å²) >= 11 is 2.02. The highest BCUT2D eigenvalue weighted by atomic mass is 32.2. The lowest BCUT2D eigenvalue weighted by Gasteiger charge is -2.41. The highest BCUT2D eigenvalue weighted by molar-refractivity contribution is 8.14. The first-order valence-electron chi connectivity index (χ1n) is 9.41. The molecule has 0 aromatic heterocycles. The molecule has 1 aromatic rings. The Morgan fingerprint density at radius 1 is 1.25 bits per heavy atom. The number of amidine groups is 1. The van der Waals surface area contributed by atoms with E-state index in [2.05, 4.69) is 49.1 Å². The zero-order chi connectivity index (χ0) is 16.5. The van der Waals surface area contributed by atoms with Crippen LogP contribution in [0.2, 0.25) is 0 Å². The van der Waals surface area contributed by atoms with E-state index < -0.39 is 0 Å². The molecule has 2 fully saturated rings. The quantitative estimate of drug-likeness (QED) is 0.819. The van der Waals surface area contributed by atoms with E-state index in [0.717, 1.165) is 5.92 Å². The Bertz CT molecular complexity index is 587. The van der Waals surface area contributed by atoms with Crippen LogP contribution in [0.25, 0.3) is 0 Å². The van der Waals surface area contributed by atoms with E-state index in [1.54, 1.807) is 0 Å². The summed E-state index contributed by atoms with van der Waals surface area (Å²) in [4.78, 5) is 7.57. The molecule has 0 amide bonds. The molecule has 1 aromatic carbocycles. The molecule has 4 rings (SSSR count). The zero-order valence-corrected chi connectivity index (χ0v) is 15.5. The van der Waals surface area contributed by atoms with Crippen molar-refractivity contribution < 1.29 is 4.74 Å². The molecule has 2 heterocycles. The maximum absolute atomic E-state index is 6.47. The summed E-state index contributed by atoms with van der Waals surface area (Å²) in [5.74, 6) is 1.34.